The minimum absolute atomic E-state index is 1.30. The Morgan fingerprint density at radius 1 is 0.375 bits per heavy atom. The summed E-state index contributed by atoms with van der Waals surface area (Å²) >= 11 is 9.76. The predicted molar refractivity (Wildman–Crippen MR) is 139 cm³/mol. The van der Waals surface area contributed by atoms with E-state index in [2.05, 4.69) is 139 Å². The summed E-state index contributed by atoms with van der Waals surface area (Å²) in [7, 11) is 0. The summed E-state index contributed by atoms with van der Waals surface area (Å²) in [6, 6.07) is 18.6. The lowest BCUT2D eigenvalue weighted by Gasteiger charge is -2.16. The maximum absolute atomic E-state index is 2.44. The molecule has 116 valence electrons. The summed E-state index contributed by atoms with van der Waals surface area (Å²) in [5.74, 6) is 0. The molecule has 0 nitrogen and oxygen atoms in total. The van der Waals surface area contributed by atoms with E-state index in [4.69, 9.17) is 0 Å². The quantitative estimate of drug-likeness (QED) is 0.0851. The molecule has 0 N–H and O–H groups in total. The molecule has 0 unspecified atom stereocenters. The van der Waals surface area contributed by atoms with Crippen LogP contribution in [0.4, 0.5) is 0 Å². The van der Waals surface area contributed by atoms with Crippen LogP contribution < -0.4 is 0 Å². The van der Waals surface area contributed by atoms with Crippen molar-refractivity contribution < 1.29 is 0 Å². The molecule has 0 aliphatic carbocycles. The van der Waals surface area contributed by atoms with E-state index in [0.29, 0.717) is 0 Å². The first-order chi connectivity index (χ1) is 11.5. The van der Waals surface area contributed by atoms with Gasteiger partial charge in [0.05, 0.1) is 0 Å². The molecular weight excluding hydrogens is 748 g/mol. The van der Waals surface area contributed by atoms with Crippen molar-refractivity contribution in [1.82, 2.24) is 0 Å². The van der Waals surface area contributed by atoms with Crippen LogP contribution in [0.25, 0.3) is 43.1 Å². The summed E-state index contributed by atoms with van der Waals surface area (Å²) in [5.41, 5.74) is 0. The Labute approximate surface area is 193 Å². The van der Waals surface area contributed by atoms with Crippen LogP contribution in [0.15, 0.2) is 48.5 Å². The minimum atomic E-state index is 1.30. The van der Waals surface area contributed by atoms with E-state index >= 15 is 0 Å². The van der Waals surface area contributed by atoms with Crippen LogP contribution in [0.5, 0.6) is 0 Å². The highest BCUT2D eigenvalue weighted by atomic mass is 127. The molecule has 0 spiro atoms. The molecule has 0 aliphatic heterocycles. The third-order valence-electron chi connectivity index (χ3n) is 4.54. The van der Waals surface area contributed by atoms with Gasteiger partial charge in [-0.25, -0.2) is 0 Å². The van der Waals surface area contributed by atoms with Crippen molar-refractivity contribution in [2.45, 2.75) is 0 Å². The highest BCUT2D eigenvalue weighted by molar-refractivity contribution is 14.1. The number of hydrogen-bond acceptors (Lipinski definition) is 0. The van der Waals surface area contributed by atoms with Crippen LogP contribution in [0.2, 0.25) is 0 Å². The Morgan fingerprint density at radius 2 is 0.625 bits per heavy atom. The fourth-order valence-electron chi connectivity index (χ4n) is 3.73. The normalized spacial score (nSPS) is 12.2. The molecule has 0 radical (unpaired) electrons. The number of rotatable bonds is 0. The second-order valence-electron chi connectivity index (χ2n) is 6.01. The molecule has 0 heterocycles. The Bertz CT molecular complexity index is 1090. The molecule has 0 aliphatic rings. The lowest BCUT2D eigenvalue weighted by atomic mass is 9.90. The van der Waals surface area contributed by atoms with Crippen LogP contribution in [-0.2, 0) is 0 Å². The highest BCUT2D eigenvalue weighted by Gasteiger charge is 2.15. The van der Waals surface area contributed by atoms with Gasteiger partial charge in [-0.1, -0.05) is 0 Å². The summed E-state index contributed by atoms with van der Waals surface area (Å²) in [4.78, 5) is 0. The molecule has 0 saturated carbocycles. The zero-order valence-corrected chi connectivity index (χ0v) is 20.8. The summed E-state index contributed by atoms with van der Waals surface area (Å²) in [5, 5.41) is 11.0. The summed E-state index contributed by atoms with van der Waals surface area (Å²) in [6.45, 7) is 0. The third kappa shape index (κ3) is 2.45. The van der Waals surface area contributed by atoms with Gasteiger partial charge in [0.15, 0.2) is 0 Å². The third-order valence-corrected chi connectivity index (χ3v) is 7.03. The van der Waals surface area contributed by atoms with Crippen LogP contribution in [0.1, 0.15) is 0 Å². The molecule has 5 rings (SSSR count). The van der Waals surface area contributed by atoms with Gasteiger partial charge >= 0.3 is 0 Å². The molecule has 24 heavy (non-hydrogen) atoms. The van der Waals surface area contributed by atoms with Crippen molar-refractivity contribution in [3.05, 3.63) is 62.8 Å². The molecule has 4 heteroatoms. The molecule has 0 fully saturated rings. The van der Waals surface area contributed by atoms with Gasteiger partial charge in [0, 0.05) is 14.3 Å². The maximum Gasteiger partial charge on any atom is 0.0142 e. The number of fused-ring (bicyclic) bond motifs is 2. The van der Waals surface area contributed by atoms with Gasteiger partial charge in [0.1, 0.15) is 0 Å². The Hall–Kier alpha value is 0.320. The lowest BCUT2D eigenvalue weighted by molar-refractivity contribution is 1.69. The van der Waals surface area contributed by atoms with Crippen LogP contribution in [0, 0.1) is 14.3 Å². The van der Waals surface area contributed by atoms with E-state index in [0.717, 1.165) is 0 Å². The van der Waals surface area contributed by atoms with Crippen LogP contribution in [-0.4, -0.2) is 0 Å². The van der Waals surface area contributed by atoms with Gasteiger partial charge in [0.25, 0.3) is 0 Å². The predicted octanol–water partition coefficient (Wildman–Crippen LogP) is 8.16. The zero-order chi connectivity index (χ0) is 16.6. The smallest absolute Gasteiger partial charge is 0.0142 e. The van der Waals surface area contributed by atoms with Crippen LogP contribution in [0.3, 0.4) is 0 Å². The van der Waals surface area contributed by atoms with Gasteiger partial charge in [-0.15, -0.1) is 0 Å². The molecule has 0 aromatic heterocycles. The SMILES string of the molecule is Ic1cc2cc(I)cc3c4cc(I)cc5cc(I)cc(c(c1)c23)c54. The van der Waals surface area contributed by atoms with Crippen molar-refractivity contribution in [2.75, 3.05) is 0 Å². The maximum atomic E-state index is 2.44. The molecule has 0 amide bonds. The first kappa shape index (κ1) is 16.5. The number of halogens is 4. The van der Waals surface area contributed by atoms with Crippen molar-refractivity contribution in [1.29, 1.82) is 0 Å². The van der Waals surface area contributed by atoms with Crippen molar-refractivity contribution in [2.24, 2.45) is 0 Å². The van der Waals surface area contributed by atoms with E-state index in [1.165, 1.54) is 57.4 Å². The van der Waals surface area contributed by atoms with Gasteiger partial charge in [0.2, 0.25) is 0 Å². The summed E-state index contributed by atoms with van der Waals surface area (Å²) < 4.78 is 5.18. The Balaban J connectivity index is 2.26. The van der Waals surface area contributed by atoms with E-state index in [1.807, 2.05) is 0 Å². The standard InChI is InChI=1S/C20H8I4/c21-11-1-9-2-12(22)6-16-18-8-14(24)4-10-3-13(23)7-17(20(10)18)15(5-11)19(9)16/h1-8H. The monoisotopic (exact) mass is 756 g/mol. The first-order valence-electron chi connectivity index (χ1n) is 7.37. The Kier molecular flexibility index (Phi) is 4.06. The minimum Gasteiger partial charge on any atom is -0.0443 e. The Morgan fingerprint density at radius 3 is 0.875 bits per heavy atom. The average Bonchev–Trinajstić information content (AvgIpc) is 2.50. The lowest BCUT2D eigenvalue weighted by Crippen LogP contribution is -1.91. The van der Waals surface area contributed by atoms with Crippen LogP contribution >= 0.6 is 90.4 Å². The molecule has 0 bridgehead atoms. The van der Waals surface area contributed by atoms with Crippen molar-refractivity contribution >= 4 is 133 Å². The fraction of sp³-hybridized carbons (Fsp3) is 0. The van der Waals surface area contributed by atoms with Gasteiger partial charge in [-0.2, -0.15) is 0 Å². The molecule has 0 saturated heterocycles. The fourth-order valence-corrected chi connectivity index (χ4v) is 6.32. The van der Waals surface area contributed by atoms with E-state index in [9.17, 15) is 0 Å². The summed E-state index contributed by atoms with van der Waals surface area (Å²) in [6.07, 6.45) is 0. The second-order valence-corrected chi connectivity index (χ2v) is 11.0. The molecule has 5 aromatic rings. The topological polar surface area (TPSA) is 0 Å². The van der Waals surface area contributed by atoms with E-state index in [1.54, 1.807) is 0 Å². The van der Waals surface area contributed by atoms with Gasteiger partial charge < -0.3 is 0 Å². The number of benzene rings is 5. The molecule has 0 atom stereocenters. The molecular formula is C20H8I4. The van der Waals surface area contributed by atoms with Gasteiger partial charge in [-0.05, 0) is 182 Å². The van der Waals surface area contributed by atoms with Crippen molar-refractivity contribution in [3.8, 4) is 0 Å². The molecule has 5 aromatic carbocycles. The van der Waals surface area contributed by atoms with E-state index in [-0.39, 0.29) is 0 Å². The first-order valence-corrected chi connectivity index (χ1v) is 11.7. The number of hydrogen-bond donors (Lipinski definition) is 0. The zero-order valence-electron chi connectivity index (χ0n) is 12.1. The second kappa shape index (κ2) is 5.91. The average molecular weight is 756 g/mol. The van der Waals surface area contributed by atoms with Gasteiger partial charge in [-0.3, -0.25) is 0 Å². The highest BCUT2D eigenvalue weighted by Crippen LogP contribution is 2.42. The van der Waals surface area contributed by atoms with E-state index < -0.39 is 0 Å². The van der Waals surface area contributed by atoms with Crippen molar-refractivity contribution in [3.63, 3.8) is 0 Å². The largest absolute Gasteiger partial charge is 0.0443 e.